The zero-order chi connectivity index (χ0) is 95.1. The zero-order valence-corrected chi connectivity index (χ0v) is 72.7. The lowest BCUT2D eigenvalue weighted by Gasteiger charge is -2.13. The minimum atomic E-state index is -1.61. The van der Waals surface area contributed by atoms with E-state index in [0.717, 1.165) is 43.4 Å². The van der Waals surface area contributed by atoms with Crippen molar-refractivity contribution in [2.75, 3.05) is 98.0 Å². The Hall–Kier alpha value is -17.0. The van der Waals surface area contributed by atoms with Gasteiger partial charge in [0.2, 0.25) is 35.7 Å². The summed E-state index contributed by atoms with van der Waals surface area (Å²) in [5, 5.41) is 115. The number of esters is 4. The fraction of sp³-hybridized carbons (Fsp3) is 0.206. The molecule has 2 aromatic heterocycles. The van der Waals surface area contributed by atoms with Gasteiger partial charge in [-0.3, -0.25) is 4.79 Å². The first kappa shape index (κ1) is 97.0. The molecule has 37 nitrogen and oxygen atoms in total. The van der Waals surface area contributed by atoms with Gasteiger partial charge in [0.25, 0.3) is 0 Å². The number of aromatic nitrogens is 6. The first-order chi connectivity index (χ1) is 65.5. The van der Waals surface area contributed by atoms with E-state index >= 15 is 0 Å². The predicted molar refractivity (Wildman–Crippen MR) is 499 cm³/mol. The van der Waals surface area contributed by atoms with Gasteiger partial charge in [0.1, 0.15) is 86.8 Å². The summed E-state index contributed by atoms with van der Waals surface area (Å²) < 4.78 is 56.1. The van der Waals surface area contributed by atoms with Crippen LogP contribution < -0.4 is 65.8 Å². The maximum atomic E-state index is 12.2. The number of ether oxygens (including phenoxy) is 10. The molecule has 135 heavy (non-hydrogen) atoms. The number of phenolic OH excluding ortho intramolecular Hbond substituents is 8. The van der Waals surface area contributed by atoms with Crippen LogP contribution in [0.2, 0.25) is 0 Å². The summed E-state index contributed by atoms with van der Waals surface area (Å²) >= 11 is 0. The molecule has 0 aliphatic rings. The number of benzene rings is 11. The van der Waals surface area contributed by atoms with Gasteiger partial charge in [-0.25, -0.2) is 19.2 Å². The highest BCUT2D eigenvalue weighted by atomic mass is 16.6. The molecule has 0 amide bonds. The van der Waals surface area contributed by atoms with Crippen molar-refractivity contribution in [3.05, 3.63) is 270 Å². The number of anilines is 12. The second kappa shape index (κ2) is 50.2. The Morgan fingerprint density at radius 3 is 0.593 bits per heavy atom. The van der Waals surface area contributed by atoms with Crippen LogP contribution in [0.4, 0.5) is 69.8 Å². The molecule has 2 heterocycles. The van der Waals surface area contributed by atoms with Crippen LogP contribution in [-0.2, 0) is 18.9 Å². The number of rotatable bonds is 49. The second-order valence-corrected chi connectivity index (χ2v) is 29.8. The number of nitrogens with zero attached hydrogens (tertiary/aromatic N) is 6. The van der Waals surface area contributed by atoms with E-state index in [1.165, 1.54) is 48.5 Å². The third-order valence-electron chi connectivity index (χ3n) is 19.1. The maximum Gasteiger partial charge on any atom is 0.488 e. The number of aldehydes is 1. The third-order valence-corrected chi connectivity index (χ3v) is 19.1. The number of aromatic hydroxyl groups is 8. The number of carbonyl (C=O) groups excluding carboxylic acids is 5. The molecular weight excluding hydrogens is 1740 g/mol. The summed E-state index contributed by atoms with van der Waals surface area (Å²) in [6.45, 7) is 3.09. The molecule has 698 valence electrons. The minimum Gasteiger partial charge on any atom is -0.508 e. The number of hydrogen-bond donors (Lipinski definition) is 16. The van der Waals surface area contributed by atoms with Gasteiger partial charge < -0.3 is 130 Å². The lowest BCUT2D eigenvalue weighted by molar-refractivity contribution is 0.0484. The Labute approximate surface area is 774 Å². The van der Waals surface area contributed by atoms with Gasteiger partial charge >= 0.3 is 31.0 Å². The van der Waals surface area contributed by atoms with Gasteiger partial charge in [0.15, 0.2) is 0 Å². The van der Waals surface area contributed by atoms with Crippen LogP contribution in [0.25, 0.3) is 0 Å². The molecule has 13 rings (SSSR count). The van der Waals surface area contributed by atoms with E-state index in [0.29, 0.717) is 171 Å². The van der Waals surface area contributed by atoms with E-state index in [4.69, 9.17) is 47.4 Å². The number of nitrogens with one attached hydrogen (secondary N) is 6. The first-order valence-electron chi connectivity index (χ1n) is 42.7. The van der Waals surface area contributed by atoms with Gasteiger partial charge in [0.05, 0.1) is 88.3 Å². The lowest BCUT2D eigenvalue weighted by Crippen LogP contribution is -2.29. The molecule has 0 unspecified atom stereocenters. The van der Waals surface area contributed by atoms with Crippen LogP contribution in [0.5, 0.6) is 80.5 Å². The summed E-state index contributed by atoms with van der Waals surface area (Å²) in [5.74, 6) is 0.788. The van der Waals surface area contributed by atoms with Gasteiger partial charge in [-0.15, -0.1) is 0 Å². The topological polar surface area (TPSA) is 529 Å². The van der Waals surface area contributed by atoms with E-state index in [2.05, 4.69) is 61.8 Å². The van der Waals surface area contributed by atoms with Crippen molar-refractivity contribution in [1.82, 2.24) is 29.9 Å². The summed E-state index contributed by atoms with van der Waals surface area (Å²) in [6.07, 6.45) is 6.94. The molecule has 13 aromatic rings. The highest BCUT2D eigenvalue weighted by Crippen LogP contribution is 2.32. The molecule has 0 saturated carbocycles. The zero-order valence-electron chi connectivity index (χ0n) is 72.7. The second-order valence-electron chi connectivity index (χ2n) is 29.8. The molecule has 38 heteroatoms. The molecule has 0 aliphatic heterocycles. The average Bonchev–Trinajstić information content (AvgIpc) is 0.832. The van der Waals surface area contributed by atoms with E-state index in [9.17, 15) is 74.9 Å². The quantitative estimate of drug-likeness (QED) is 0.00553. The molecule has 0 bridgehead atoms. The van der Waals surface area contributed by atoms with Crippen LogP contribution in [0.15, 0.2) is 243 Å². The van der Waals surface area contributed by atoms with Crippen LogP contribution in [0.3, 0.4) is 0 Å². The Bertz CT molecular complexity index is 5680. The van der Waals surface area contributed by atoms with Crippen LogP contribution in [0, 0.1) is 0 Å². The van der Waals surface area contributed by atoms with Crippen molar-refractivity contribution in [2.24, 2.45) is 0 Å². The summed E-state index contributed by atoms with van der Waals surface area (Å²) in [7, 11) is -1.61. The fourth-order valence-electron chi connectivity index (χ4n) is 12.4. The SMILES string of the molecule is O=C(OCCCCOc1ccc(Nc2nc(Nc3ccc(OCCCCOC(=O)c4cc(O)cc(O)c4)cc3)nc(Nc3ccc(B(O)O)cc3)n2)cc1)c1cc(O)cc(O)c1.O=Cc1ccc(OCCCCOc2ccc(Nc3nc(Nc4ccc(OCCCCOC(=O)c5cc(O)cc(O)c5)cc4)nc(Nc4ccc(OCCCCOC(=O)c5cc(O)cc(O)c5)cc4)n3)cc2)cc1. The number of hydrogen-bond acceptors (Lipinski definition) is 37. The normalized spacial score (nSPS) is 10.7. The Balaban J connectivity index is 0.000000246. The molecular formula is C97H97BN12O25. The lowest BCUT2D eigenvalue weighted by atomic mass is 9.80. The number of carbonyl (C=O) groups is 5. The van der Waals surface area contributed by atoms with Crippen molar-refractivity contribution in [2.45, 2.75) is 64.2 Å². The first-order valence-corrected chi connectivity index (χ1v) is 42.7. The average molecular weight is 1840 g/mol. The Kier molecular flexibility index (Phi) is 36.1. The minimum absolute atomic E-state index is 0.0546. The molecule has 0 saturated heterocycles. The maximum absolute atomic E-state index is 12.2. The number of phenols is 8. The van der Waals surface area contributed by atoms with Crippen molar-refractivity contribution >= 4 is 113 Å². The van der Waals surface area contributed by atoms with Crippen molar-refractivity contribution < 1.29 is 122 Å². The largest absolute Gasteiger partial charge is 0.508 e. The van der Waals surface area contributed by atoms with Crippen LogP contribution in [-0.4, -0.2) is 184 Å². The molecule has 0 aliphatic carbocycles. The van der Waals surface area contributed by atoms with Crippen LogP contribution in [0.1, 0.15) is 116 Å². The monoisotopic (exact) mass is 1840 g/mol. The molecule has 0 fully saturated rings. The summed E-state index contributed by atoms with van der Waals surface area (Å²) in [6, 6.07) is 63.8. The third kappa shape index (κ3) is 33.2. The highest BCUT2D eigenvalue weighted by Gasteiger charge is 2.19. The summed E-state index contributed by atoms with van der Waals surface area (Å²) in [4.78, 5) is 87.2. The molecule has 0 radical (unpaired) electrons. The fourth-order valence-corrected chi connectivity index (χ4v) is 12.4. The van der Waals surface area contributed by atoms with E-state index in [1.54, 1.807) is 121 Å². The molecule has 0 atom stereocenters. The van der Waals surface area contributed by atoms with Crippen molar-refractivity contribution in [3.63, 3.8) is 0 Å². The van der Waals surface area contributed by atoms with Gasteiger partial charge in [-0.05, 0) is 276 Å². The number of unbranched alkanes of at least 4 members (excludes halogenated alkanes) is 5. The Morgan fingerprint density at radius 2 is 0.415 bits per heavy atom. The molecule has 0 spiro atoms. The summed E-state index contributed by atoms with van der Waals surface area (Å²) in [5.41, 5.74) is 5.11. The van der Waals surface area contributed by atoms with Crippen molar-refractivity contribution in [1.29, 1.82) is 0 Å². The van der Waals surface area contributed by atoms with Gasteiger partial charge in [-0.2, -0.15) is 29.9 Å². The van der Waals surface area contributed by atoms with Gasteiger partial charge in [0, 0.05) is 64.0 Å². The standard InChI is InChI=1S/C54H54N6O13.C43H43BN6O12/c61-35-36-7-15-46(16-8-36)68-23-1-2-24-69-47-17-9-39(10-18-47)55-52-58-53(56-40-11-19-48(20-12-40)70-25-3-5-27-72-50(66)37-29-42(62)33-43(63)30-37)60-54(59-52)57-41-13-21-49(22-14-41)71-26-4-6-28-73-51(67)38-31-44(64)34-45(65)32-38;51-33-21-27(22-34(52)25-33)39(55)61-19-3-1-17-59-37-13-9-31(10-14-37)46-42-48-41(45-30-7-5-29(6-8-30)44(57)58)49-43(50-42)47-32-11-15-38(16-12-32)60-18-2-4-20-62-40(56)28-23-35(53)26-36(54)24-28/h7-22,29-35,62-65H,1-6,23-28H2,(H3,55,56,57,58,59,60);5-16,21-26,51-54,57-58H,1-4,17-20H2,(H3,45,46,47,48,49,50). The van der Waals surface area contributed by atoms with Crippen LogP contribution >= 0.6 is 0 Å². The van der Waals surface area contributed by atoms with Crippen molar-refractivity contribution in [3.8, 4) is 80.5 Å². The van der Waals surface area contributed by atoms with E-state index < -0.39 is 31.0 Å². The smallest absolute Gasteiger partial charge is 0.488 e. The molecule has 11 aromatic carbocycles. The Morgan fingerprint density at radius 1 is 0.244 bits per heavy atom. The highest BCUT2D eigenvalue weighted by molar-refractivity contribution is 6.58. The molecule has 16 N–H and O–H groups in total. The van der Waals surface area contributed by atoms with Gasteiger partial charge in [-0.1, -0.05) is 12.1 Å². The van der Waals surface area contributed by atoms with E-state index in [-0.39, 0.29) is 130 Å². The van der Waals surface area contributed by atoms with E-state index in [1.807, 2.05) is 48.5 Å². The predicted octanol–water partition coefficient (Wildman–Crippen LogP) is 15.6.